The number of hydrogen-bond acceptors (Lipinski definition) is 3. The first-order valence-electron chi connectivity index (χ1n) is 9.21. The number of carbonyl (C=O) groups is 1. The fraction of sp³-hybridized carbons (Fsp3) is 0.500. The lowest BCUT2D eigenvalue weighted by Gasteiger charge is -2.21. The lowest BCUT2D eigenvalue weighted by Crippen LogP contribution is -2.19. The third-order valence-corrected chi connectivity index (χ3v) is 5.01. The van der Waals surface area contributed by atoms with Crippen molar-refractivity contribution < 1.29 is 4.79 Å². The van der Waals surface area contributed by atoms with E-state index in [1.807, 2.05) is 36.0 Å². The Bertz CT molecular complexity index is 699. The first-order chi connectivity index (χ1) is 12.2. The van der Waals surface area contributed by atoms with Crippen LogP contribution in [0.25, 0.3) is 0 Å². The molecule has 0 unspecified atom stereocenters. The summed E-state index contributed by atoms with van der Waals surface area (Å²) in [6.45, 7) is 0.786. The first kappa shape index (κ1) is 17.5. The Morgan fingerprint density at radius 2 is 1.92 bits per heavy atom. The molecular formula is C20H28N4O. The van der Waals surface area contributed by atoms with Crippen molar-refractivity contribution in [2.24, 2.45) is 7.05 Å². The second kappa shape index (κ2) is 8.19. The van der Waals surface area contributed by atoms with Crippen LogP contribution in [0, 0.1) is 0 Å². The molecule has 1 fully saturated rings. The molecule has 5 nitrogen and oxygen atoms in total. The zero-order chi connectivity index (χ0) is 17.6. The van der Waals surface area contributed by atoms with Gasteiger partial charge in [0.25, 0.3) is 0 Å². The van der Waals surface area contributed by atoms with Crippen molar-refractivity contribution >= 4 is 11.6 Å². The van der Waals surface area contributed by atoms with E-state index in [2.05, 4.69) is 16.8 Å². The number of aromatic nitrogens is 2. The third kappa shape index (κ3) is 4.62. The van der Waals surface area contributed by atoms with Gasteiger partial charge >= 0.3 is 0 Å². The predicted octanol–water partition coefficient (Wildman–Crippen LogP) is 3.37. The van der Waals surface area contributed by atoms with Gasteiger partial charge in [-0.25, -0.2) is 0 Å². The summed E-state index contributed by atoms with van der Waals surface area (Å²) in [5.41, 5.74) is 4.66. The molecule has 0 atom stereocenters. The van der Waals surface area contributed by atoms with Crippen molar-refractivity contribution in [3.8, 4) is 0 Å². The van der Waals surface area contributed by atoms with Crippen LogP contribution in [0.15, 0.2) is 30.5 Å². The van der Waals surface area contributed by atoms with Crippen LogP contribution in [0.1, 0.15) is 54.8 Å². The van der Waals surface area contributed by atoms with Crippen LogP contribution in [-0.4, -0.2) is 22.7 Å². The molecule has 1 aliphatic rings. The van der Waals surface area contributed by atoms with Crippen LogP contribution < -0.4 is 10.6 Å². The molecule has 0 radical (unpaired) electrons. The second-order valence-electron chi connectivity index (χ2n) is 6.95. The lowest BCUT2D eigenvalue weighted by atomic mass is 9.85. The zero-order valence-corrected chi connectivity index (χ0v) is 15.2. The molecule has 0 spiro atoms. The monoisotopic (exact) mass is 340 g/mol. The standard InChI is InChI=1S/C20H28N4O/c1-21-19(25)12-15-8-10-18(11-9-15)22-13-17-14-24(2)23-20(17)16-6-4-3-5-7-16/h8-11,14,16,22H,3-7,12-13H2,1-2H3,(H,21,25). The minimum absolute atomic E-state index is 0.0354. The summed E-state index contributed by atoms with van der Waals surface area (Å²) in [5.74, 6) is 0.648. The minimum atomic E-state index is 0.0354. The SMILES string of the molecule is CNC(=O)Cc1ccc(NCc2cn(C)nc2C2CCCCC2)cc1. The molecule has 0 bridgehead atoms. The molecule has 2 N–H and O–H groups in total. The van der Waals surface area contributed by atoms with Gasteiger partial charge in [0, 0.05) is 44.0 Å². The summed E-state index contributed by atoms with van der Waals surface area (Å²) < 4.78 is 1.94. The van der Waals surface area contributed by atoms with Crippen molar-refractivity contribution in [1.29, 1.82) is 0 Å². The Morgan fingerprint density at radius 3 is 2.60 bits per heavy atom. The Labute approximate surface area is 149 Å². The Kier molecular flexibility index (Phi) is 5.74. The third-order valence-electron chi connectivity index (χ3n) is 5.01. The average Bonchev–Trinajstić information content (AvgIpc) is 3.02. The van der Waals surface area contributed by atoms with E-state index in [0.717, 1.165) is 17.8 Å². The maximum Gasteiger partial charge on any atom is 0.224 e. The van der Waals surface area contributed by atoms with Gasteiger partial charge in [-0.1, -0.05) is 31.4 Å². The molecule has 1 heterocycles. The first-order valence-corrected chi connectivity index (χ1v) is 9.21. The van der Waals surface area contributed by atoms with Crippen LogP contribution in [0.3, 0.4) is 0 Å². The molecule has 1 saturated carbocycles. The van der Waals surface area contributed by atoms with E-state index >= 15 is 0 Å². The topological polar surface area (TPSA) is 59.0 Å². The van der Waals surface area contributed by atoms with E-state index in [1.165, 1.54) is 43.4 Å². The molecule has 5 heteroatoms. The molecule has 1 aromatic heterocycles. The molecule has 1 aliphatic carbocycles. The van der Waals surface area contributed by atoms with Crippen LogP contribution in [0.2, 0.25) is 0 Å². The maximum absolute atomic E-state index is 11.4. The van der Waals surface area contributed by atoms with Gasteiger partial charge in [0.15, 0.2) is 0 Å². The number of carbonyl (C=O) groups excluding carboxylic acids is 1. The Balaban J connectivity index is 1.62. The molecule has 2 aromatic rings. The van der Waals surface area contributed by atoms with E-state index in [9.17, 15) is 4.79 Å². The summed E-state index contributed by atoms with van der Waals surface area (Å²) in [6.07, 6.45) is 9.08. The van der Waals surface area contributed by atoms with E-state index in [0.29, 0.717) is 12.3 Å². The molecule has 3 rings (SSSR count). The highest BCUT2D eigenvalue weighted by molar-refractivity contribution is 5.78. The highest BCUT2D eigenvalue weighted by Crippen LogP contribution is 2.33. The van der Waals surface area contributed by atoms with Crippen molar-refractivity contribution in [2.45, 2.75) is 51.0 Å². The number of rotatable bonds is 6. The molecule has 0 aliphatic heterocycles. The van der Waals surface area contributed by atoms with Gasteiger partial charge in [0.2, 0.25) is 5.91 Å². The van der Waals surface area contributed by atoms with Gasteiger partial charge in [0.1, 0.15) is 0 Å². The van der Waals surface area contributed by atoms with E-state index in [-0.39, 0.29) is 5.91 Å². The number of anilines is 1. The van der Waals surface area contributed by atoms with Gasteiger partial charge < -0.3 is 10.6 Å². The number of nitrogens with zero attached hydrogens (tertiary/aromatic N) is 2. The highest BCUT2D eigenvalue weighted by atomic mass is 16.1. The van der Waals surface area contributed by atoms with E-state index < -0.39 is 0 Å². The average molecular weight is 340 g/mol. The maximum atomic E-state index is 11.4. The number of benzene rings is 1. The highest BCUT2D eigenvalue weighted by Gasteiger charge is 2.21. The summed E-state index contributed by atoms with van der Waals surface area (Å²) in [7, 11) is 3.67. The fourth-order valence-corrected chi connectivity index (χ4v) is 3.62. The van der Waals surface area contributed by atoms with Crippen LogP contribution in [0.4, 0.5) is 5.69 Å². The second-order valence-corrected chi connectivity index (χ2v) is 6.95. The van der Waals surface area contributed by atoms with Crippen molar-refractivity contribution in [3.63, 3.8) is 0 Å². The quantitative estimate of drug-likeness (QED) is 0.848. The molecule has 1 aromatic carbocycles. The predicted molar refractivity (Wildman–Crippen MR) is 101 cm³/mol. The summed E-state index contributed by atoms with van der Waals surface area (Å²) >= 11 is 0. The molecule has 1 amide bonds. The normalized spacial score (nSPS) is 15.1. The Morgan fingerprint density at radius 1 is 1.20 bits per heavy atom. The van der Waals surface area contributed by atoms with Gasteiger partial charge in [-0.2, -0.15) is 5.10 Å². The van der Waals surface area contributed by atoms with E-state index in [1.54, 1.807) is 7.05 Å². The number of hydrogen-bond donors (Lipinski definition) is 2. The number of amides is 1. The minimum Gasteiger partial charge on any atom is -0.381 e. The molecular weight excluding hydrogens is 312 g/mol. The van der Waals surface area contributed by atoms with Crippen LogP contribution in [0.5, 0.6) is 0 Å². The van der Waals surface area contributed by atoms with Crippen molar-refractivity contribution in [2.75, 3.05) is 12.4 Å². The summed E-state index contributed by atoms with van der Waals surface area (Å²) in [5, 5.41) is 10.9. The Hall–Kier alpha value is -2.30. The number of nitrogens with one attached hydrogen (secondary N) is 2. The summed E-state index contributed by atoms with van der Waals surface area (Å²) in [4.78, 5) is 11.4. The van der Waals surface area contributed by atoms with Gasteiger partial charge in [-0.15, -0.1) is 0 Å². The van der Waals surface area contributed by atoms with Gasteiger partial charge in [-0.05, 0) is 30.5 Å². The van der Waals surface area contributed by atoms with Gasteiger partial charge in [-0.3, -0.25) is 9.48 Å². The molecule has 134 valence electrons. The van der Waals surface area contributed by atoms with Crippen LogP contribution >= 0.6 is 0 Å². The summed E-state index contributed by atoms with van der Waals surface area (Å²) in [6, 6.07) is 8.08. The van der Waals surface area contributed by atoms with E-state index in [4.69, 9.17) is 5.10 Å². The lowest BCUT2D eigenvalue weighted by molar-refractivity contribution is -0.119. The largest absolute Gasteiger partial charge is 0.381 e. The fourth-order valence-electron chi connectivity index (χ4n) is 3.62. The molecule has 0 saturated heterocycles. The number of aryl methyl sites for hydroxylation is 1. The zero-order valence-electron chi connectivity index (χ0n) is 15.2. The smallest absolute Gasteiger partial charge is 0.224 e. The number of likely N-dealkylation sites (N-methyl/N-ethyl adjacent to an activating group) is 1. The molecule has 25 heavy (non-hydrogen) atoms. The van der Waals surface area contributed by atoms with Crippen molar-refractivity contribution in [1.82, 2.24) is 15.1 Å². The van der Waals surface area contributed by atoms with Crippen LogP contribution in [-0.2, 0) is 24.8 Å². The van der Waals surface area contributed by atoms with Gasteiger partial charge in [0.05, 0.1) is 12.1 Å². The van der Waals surface area contributed by atoms with Crippen molar-refractivity contribution in [3.05, 3.63) is 47.3 Å².